The zero-order valence-corrected chi connectivity index (χ0v) is 10.2. The zero-order valence-electron chi connectivity index (χ0n) is 10.2. The summed E-state index contributed by atoms with van der Waals surface area (Å²) >= 11 is 0. The SMILES string of the molecule is CC1=C(C)C(=O)N(CCCCCC(=O)O)C1=O. The van der Waals surface area contributed by atoms with Crippen LogP contribution in [0, 0.1) is 0 Å². The largest absolute Gasteiger partial charge is 0.481 e. The van der Waals surface area contributed by atoms with Crippen LogP contribution in [-0.4, -0.2) is 34.3 Å². The van der Waals surface area contributed by atoms with Gasteiger partial charge in [0.25, 0.3) is 11.8 Å². The van der Waals surface area contributed by atoms with Crippen LogP contribution in [0.1, 0.15) is 39.5 Å². The summed E-state index contributed by atoms with van der Waals surface area (Å²) < 4.78 is 0. The van der Waals surface area contributed by atoms with Crippen molar-refractivity contribution >= 4 is 17.8 Å². The van der Waals surface area contributed by atoms with Crippen molar-refractivity contribution in [3.63, 3.8) is 0 Å². The molecular weight excluding hydrogens is 222 g/mol. The molecule has 94 valence electrons. The molecular formula is C12H17NO4. The fraction of sp³-hybridized carbons (Fsp3) is 0.583. The minimum Gasteiger partial charge on any atom is -0.481 e. The van der Waals surface area contributed by atoms with Crippen LogP contribution in [0.15, 0.2) is 11.1 Å². The molecule has 1 aliphatic heterocycles. The van der Waals surface area contributed by atoms with Crippen molar-refractivity contribution in [2.45, 2.75) is 39.5 Å². The van der Waals surface area contributed by atoms with Crippen molar-refractivity contribution in [2.75, 3.05) is 6.54 Å². The molecule has 0 fully saturated rings. The number of carboxylic acid groups (broad SMARTS) is 1. The summed E-state index contributed by atoms with van der Waals surface area (Å²) in [6, 6.07) is 0. The van der Waals surface area contributed by atoms with Crippen molar-refractivity contribution in [1.29, 1.82) is 0 Å². The minimum absolute atomic E-state index is 0.137. The standard InChI is InChI=1S/C12H17NO4/c1-8-9(2)12(17)13(11(8)16)7-5-3-4-6-10(14)15/h3-7H2,1-2H3,(H,14,15). The van der Waals surface area contributed by atoms with Gasteiger partial charge in [-0.2, -0.15) is 0 Å². The number of hydrogen-bond donors (Lipinski definition) is 1. The molecule has 0 aromatic carbocycles. The van der Waals surface area contributed by atoms with Crippen LogP contribution in [0.3, 0.4) is 0 Å². The van der Waals surface area contributed by atoms with Gasteiger partial charge in [0.1, 0.15) is 0 Å². The smallest absolute Gasteiger partial charge is 0.303 e. The normalized spacial score (nSPS) is 16.0. The molecule has 0 bridgehead atoms. The highest BCUT2D eigenvalue weighted by molar-refractivity contribution is 6.18. The first-order chi connectivity index (χ1) is 7.95. The lowest BCUT2D eigenvalue weighted by molar-refractivity contribution is -0.139. The maximum absolute atomic E-state index is 11.7. The molecule has 0 atom stereocenters. The third-order valence-electron chi connectivity index (χ3n) is 2.97. The maximum Gasteiger partial charge on any atom is 0.303 e. The number of carbonyl (C=O) groups is 3. The van der Waals surface area contributed by atoms with Crippen molar-refractivity contribution in [2.24, 2.45) is 0 Å². The Hall–Kier alpha value is -1.65. The molecule has 0 radical (unpaired) electrons. The van der Waals surface area contributed by atoms with Gasteiger partial charge in [0.15, 0.2) is 0 Å². The Balaban J connectivity index is 2.33. The number of carbonyl (C=O) groups excluding carboxylic acids is 2. The van der Waals surface area contributed by atoms with E-state index >= 15 is 0 Å². The topological polar surface area (TPSA) is 74.7 Å². The molecule has 0 aromatic rings. The molecule has 0 saturated carbocycles. The molecule has 1 aliphatic rings. The van der Waals surface area contributed by atoms with Crippen LogP contribution in [0.2, 0.25) is 0 Å². The quantitative estimate of drug-likeness (QED) is 0.560. The summed E-state index contributed by atoms with van der Waals surface area (Å²) in [6.45, 7) is 3.69. The number of aliphatic carboxylic acids is 1. The molecule has 1 rings (SSSR count). The lowest BCUT2D eigenvalue weighted by atomic mass is 10.2. The summed E-state index contributed by atoms with van der Waals surface area (Å²) in [5.41, 5.74) is 1.03. The van der Waals surface area contributed by atoms with Gasteiger partial charge in [-0.25, -0.2) is 0 Å². The van der Waals surface area contributed by atoms with Gasteiger partial charge in [-0.3, -0.25) is 19.3 Å². The Morgan fingerprint density at radius 3 is 2.06 bits per heavy atom. The van der Waals surface area contributed by atoms with Gasteiger partial charge in [-0.05, 0) is 26.7 Å². The average Bonchev–Trinajstić information content (AvgIpc) is 2.45. The second kappa shape index (κ2) is 5.61. The first-order valence-electron chi connectivity index (χ1n) is 5.70. The molecule has 1 heterocycles. The van der Waals surface area contributed by atoms with E-state index in [2.05, 4.69) is 0 Å². The summed E-state index contributed by atoms with van der Waals surface area (Å²) in [5, 5.41) is 8.45. The Kier molecular flexibility index (Phi) is 4.43. The van der Waals surface area contributed by atoms with Crippen molar-refractivity contribution in [3.05, 3.63) is 11.1 Å². The monoisotopic (exact) mass is 239 g/mol. The number of hydrogen-bond acceptors (Lipinski definition) is 3. The fourth-order valence-electron chi connectivity index (χ4n) is 1.74. The first-order valence-corrected chi connectivity index (χ1v) is 5.70. The van der Waals surface area contributed by atoms with Gasteiger partial charge in [0, 0.05) is 24.1 Å². The highest BCUT2D eigenvalue weighted by atomic mass is 16.4. The van der Waals surface area contributed by atoms with Crippen LogP contribution in [-0.2, 0) is 14.4 Å². The molecule has 0 aliphatic carbocycles. The van der Waals surface area contributed by atoms with Gasteiger partial charge >= 0.3 is 5.97 Å². The van der Waals surface area contributed by atoms with E-state index in [4.69, 9.17) is 5.11 Å². The first kappa shape index (κ1) is 13.4. The molecule has 2 amide bonds. The molecule has 0 spiro atoms. The van der Waals surface area contributed by atoms with Gasteiger partial charge < -0.3 is 5.11 Å². The van der Waals surface area contributed by atoms with E-state index < -0.39 is 5.97 Å². The van der Waals surface area contributed by atoms with Gasteiger partial charge in [0.05, 0.1) is 0 Å². The molecule has 5 nitrogen and oxygen atoms in total. The summed E-state index contributed by atoms with van der Waals surface area (Å²) in [5.74, 6) is -1.25. The molecule has 5 heteroatoms. The van der Waals surface area contributed by atoms with E-state index in [9.17, 15) is 14.4 Å². The van der Waals surface area contributed by atoms with Crippen molar-refractivity contribution in [1.82, 2.24) is 4.90 Å². The number of unbranched alkanes of at least 4 members (excludes halogenated alkanes) is 2. The average molecular weight is 239 g/mol. The number of rotatable bonds is 6. The second-order valence-corrected chi connectivity index (χ2v) is 4.22. The molecule has 0 aromatic heterocycles. The molecule has 17 heavy (non-hydrogen) atoms. The van der Waals surface area contributed by atoms with Crippen LogP contribution in [0.4, 0.5) is 0 Å². The van der Waals surface area contributed by atoms with Crippen LogP contribution >= 0.6 is 0 Å². The van der Waals surface area contributed by atoms with E-state index in [1.54, 1.807) is 13.8 Å². The highest BCUT2D eigenvalue weighted by Crippen LogP contribution is 2.20. The highest BCUT2D eigenvalue weighted by Gasteiger charge is 2.32. The molecule has 0 unspecified atom stereocenters. The number of amides is 2. The van der Waals surface area contributed by atoms with Crippen LogP contribution < -0.4 is 0 Å². The van der Waals surface area contributed by atoms with E-state index in [1.807, 2.05) is 0 Å². The Morgan fingerprint density at radius 2 is 1.59 bits per heavy atom. The number of imide groups is 1. The van der Waals surface area contributed by atoms with Gasteiger partial charge in [-0.15, -0.1) is 0 Å². The Morgan fingerprint density at radius 1 is 1.06 bits per heavy atom. The van der Waals surface area contributed by atoms with E-state index in [1.165, 1.54) is 4.90 Å². The maximum atomic E-state index is 11.7. The van der Waals surface area contributed by atoms with Crippen LogP contribution in [0.25, 0.3) is 0 Å². The summed E-state index contributed by atoms with van der Waals surface area (Å²) in [4.78, 5) is 34.8. The van der Waals surface area contributed by atoms with Crippen LogP contribution in [0.5, 0.6) is 0 Å². The fourth-order valence-corrected chi connectivity index (χ4v) is 1.74. The van der Waals surface area contributed by atoms with Gasteiger partial charge in [0.2, 0.25) is 0 Å². The summed E-state index contributed by atoms with van der Waals surface area (Å²) in [6.07, 6.45) is 2.09. The predicted octanol–water partition coefficient (Wildman–Crippen LogP) is 1.34. The zero-order chi connectivity index (χ0) is 13.0. The van der Waals surface area contributed by atoms with Gasteiger partial charge in [-0.1, -0.05) is 6.42 Å². The predicted molar refractivity (Wildman–Crippen MR) is 61.2 cm³/mol. The Bertz CT molecular complexity index is 360. The Labute approximate surface area is 100 Å². The van der Waals surface area contributed by atoms with Crippen molar-refractivity contribution in [3.8, 4) is 0 Å². The van der Waals surface area contributed by atoms with E-state index in [0.717, 1.165) is 0 Å². The number of nitrogens with zero attached hydrogens (tertiary/aromatic N) is 1. The third kappa shape index (κ3) is 3.15. The third-order valence-corrected chi connectivity index (χ3v) is 2.97. The minimum atomic E-state index is -0.813. The molecule has 1 N–H and O–H groups in total. The lowest BCUT2D eigenvalue weighted by Gasteiger charge is -2.14. The lowest BCUT2D eigenvalue weighted by Crippen LogP contribution is -2.32. The number of carboxylic acids is 1. The van der Waals surface area contributed by atoms with Crippen molar-refractivity contribution < 1.29 is 19.5 Å². The summed E-state index contributed by atoms with van der Waals surface area (Å²) in [7, 11) is 0. The van der Waals surface area contributed by atoms with E-state index in [0.29, 0.717) is 37.0 Å². The van der Waals surface area contributed by atoms with E-state index in [-0.39, 0.29) is 18.2 Å². The second-order valence-electron chi connectivity index (χ2n) is 4.22. The molecule has 0 saturated heterocycles.